The van der Waals surface area contributed by atoms with Crippen LogP contribution in [0.1, 0.15) is 17.7 Å². The fraction of sp³-hybridized carbons (Fsp3) is 0.312. The van der Waals surface area contributed by atoms with E-state index in [4.69, 9.17) is 4.42 Å². The van der Waals surface area contributed by atoms with Crippen molar-refractivity contribution in [3.8, 4) is 0 Å². The molecule has 0 saturated carbocycles. The van der Waals surface area contributed by atoms with Gasteiger partial charge in [0, 0.05) is 13.0 Å². The highest BCUT2D eigenvalue weighted by Gasteiger charge is 2.18. The Balaban J connectivity index is 1.96. The number of anilines is 1. The van der Waals surface area contributed by atoms with Gasteiger partial charge in [0.15, 0.2) is 0 Å². The first-order valence-electron chi connectivity index (χ1n) is 7.20. The van der Waals surface area contributed by atoms with Gasteiger partial charge in [0.05, 0.1) is 24.8 Å². The lowest BCUT2D eigenvalue weighted by atomic mass is 10.2. The molecule has 0 saturated heterocycles. The second kappa shape index (κ2) is 7.32. The highest BCUT2D eigenvalue weighted by Crippen LogP contribution is 2.18. The van der Waals surface area contributed by atoms with Gasteiger partial charge in [-0.3, -0.25) is 9.10 Å². The Hall–Kier alpha value is -2.28. The smallest absolute Gasteiger partial charge is 0.232 e. The number of hydrogen-bond donors (Lipinski definition) is 1. The number of furan rings is 1. The number of rotatable bonds is 7. The van der Waals surface area contributed by atoms with Gasteiger partial charge in [0.25, 0.3) is 0 Å². The van der Waals surface area contributed by atoms with E-state index in [0.29, 0.717) is 11.4 Å². The zero-order valence-corrected chi connectivity index (χ0v) is 14.0. The van der Waals surface area contributed by atoms with E-state index in [1.807, 2.05) is 19.1 Å². The molecule has 1 amide bonds. The van der Waals surface area contributed by atoms with Crippen molar-refractivity contribution in [2.75, 3.05) is 17.1 Å². The Morgan fingerprint density at radius 3 is 2.48 bits per heavy atom. The molecule has 124 valence electrons. The van der Waals surface area contributed by atoms with E-state index in [-0.39, 0.29) is 25.4 Å². The van der Waals surface area contributed by atoms with E-state index in [2.05, 4.69) is 5.32 Å². The van der Waals surface area contributed by atoms with Gasteiger partial charge in [-0.15, -0.1) is 0 Å². The number of sulfonamides is 1. The Morgan fingerprint density at radius 1 is 1.22 bits per heavy atom. The van der Waals surface area contributed by atoms with Gasteiger partial charge in [0.2, 0.25) is 15.9 Å². The molecule has 0 atom stereocenters. The number of nitrogens with zero attached hydrogens (tertiary/aromatic N) is 1. The number of carbonyl (C=O) groups excluding carboxylic acids is 1. The minimum absolute atomic E-state index is 0.0711. The summed E-state index contributed by atoms with van der Waals surface area (Å²) in [6.07, 6.45) is 2.74. The average Bonchev–Trinajstić information content (AvgIpc) is 2.99. The first-order chi connectivity index (χ1) is 10.9. The molecule has 0 radical (unpaired) electrons. The summed E-state index contributed by atoms with van der Waals surface area (Å²) >= 11 is 0. The SMILES string of the molecule is Cc1ccc(N(CCC(=O)NCc2ccco2)S(C)(=O)=O)cc1. The highest BCUT2D eigenvalue weighted by atomic mass is 32.2. The maximum absolute atomic E-state index is 12.0. The largest absolute Gasteiger partial charge is 0.467 e. The van der Waals surface area contributed by atoms with Crippen molar-refractivity contribution in [2.24, 2.45) is 0 Å². The van der Waals surface area contributed by atoms with Crippen LogP contribution >= 0.6 is 0 Å². The maximum atomic E-state index is 12.0. The van der Waals surface area contributed by atoms with E-state index >= 15 is 0 Å². The Morgan fingerprint density at radius 2 is 1.91 bits per heavy atom. The van der Waals surface area contributed by atoms with Gasteiger partial charge in [0.1, 0.15) is 5.76 Å². The van der Waals surface area contributed by atoms with Gasteiger partial charge in [-0.1, -0.05) is 17.7 Å². The monoisotopic (exact) mass is 336 g/mol. The Kier molecular flexibility index (Phi) is 5.44. The maximum Gasteiger partial charge on any atom is 0.232 e. The van der Waals surface area contributed by atoms with Crippen LogP contribution in [0.3, 0.4) is 0 Å². The van der Waals surface area contributed by atoms with E-state index in [1.165, 1.54) is 10.6 Å². The highest BCUT2D eigenvalue weighted by molar-refractivity contribution is 7.92. The van der Waals surface area contributed by atoms with Gasteiger partial charge < -0.3 is 9.73 Å². The van der Waals surface area contributed by atoms with Crippen molar-refractivity contribution in [1.29, 1.82) is 0 Å². The Labute approximate surface area is 136 Å². The molecule has 1 aromatic carbocycles. The van der Waals surface area contributed by atoms with Crippen molar-refractivity contribution >= 4 is 21.6 Å². The zero-order chi connectivity index (χ0) is 16.9. The third-order valence-corrected chi connectivity index (χ3v) is 4.50. The number of benzene rings is 1. The fourth-order valence-corrected chi connectivity index (χ4v) is 3.02. The van der Waals surface area contributed by atoms with E-state index < -0.39 is 10.0 Å². The molecule has 0 fully saturated rings. The minimum atomic E-state index is -3.45. The molecule has 7 heteroatoms. The predicted molar refractivity (Wildman–Crippen MR) is 88.5 cm³/mol. The number of aryl methyl sites for hydroxylation is 1. The van der Waals surface area contributed by atoms with Gasteiger partial charge in [-0.05, 0) is 31.2 Å². The second-order valence-corrected chi connectivity index (χ2v) is 7.18. The van der Waals surface area contributed by atoms with Gasteiger partial charge in [-0.2, -0.15) is 0 Å². The Bertz CT molecular complexity index is 737. The van der Waals surface area contributed by atoms with Crippen molar-refractivity contribution in [1.82, 2.24) is 5.32 Å². The minimum Gasteiger partial charge on any atom is -0.467 e. The molecular formula is C16H20N2O4S. The summed E-state index contributed by atoms with van der Waals surface area (Å²) in [5.74, 6) is 0.416. The van der Waals surface area contributed by atoms with E-state index in [9.17, 15) is 13.2 Å². The van der Waals surface area contributed by atoms with E-state index in [0.717, 1.165) is 11.8 Å². The molecule has 1 aromatic heterocycles. The van der Waals surface area contributed by atoms with Crippen LogP contribution in [-0.2, 0) is 21.4 Å². The summed E-state index contributed by atoms with van der Waals surface area (Å²) in [5, 5.41) is 2.70. The van der Waals surface area contributed by atoms with Crippen LogP contribution in [0.5, 0.6) is 0 Å². The molecule has 0 aliphatic rings. The standard InChI is InChI=1S/C16H20N2O4S/c1-13-5-7-14(8-6-13)18(23(2,20)21)10-9-16(19)17-12-15-4-3-11-22-15/h3-8,11H,9-10,12H2,1-2H3,(H,17,19). The van der Waals surface area contributed by atoms with Crippen molar-refractivity contribution in [3.63, 3.8) is 0 Å². The molecule has 23 heavy (non-hydrogen) atoms. The first kappa shape index (κ1) is 17.1. The van der Waals surface area contributed by atoms with Crippen molar-refractivity contribution in [3.05, 3.63) is 54.0 Å². The topological polar surface area (TPSA) is 79.6 Å². The molecule has 6 nitrogen and oxygen atoms in total. The molecule has 0 unspecified atom stereocenters. The fourth-order valence-electron chi connectivity index (χ4n) is 2.09. The third-order valence-electron chi connectivity index (χ3n) is 3.30. The predicted octanol–water partition coefficient (Wildman–Crippen LogP) is 2.06. The molecule has 0 bridgehead atoms. The van der Waals surface area contributed by atoms with Gasteiger partial charge >= 0.3 is 0 Å². The summed E-state index contributed by atoms with van der Waals surface area (Å²) in [6, 6.07) is 10.6. The lowest BCUT2D eigenvalue weighted by Gasteiger charge is -2.22. The van der Waals surface area contributed by atoms with Crippen LogP contribution in [0.4, 0.5) is 5.69 Å². The molecule has 2 aromatic rings. The summed E-state index contributed by atoms with van der Waals surface area (Å²) in [6.45, 7) is 2.30. The van der Waals surface area contributed by atoms with Crippen LogP contribution in [0.2, 0.25) is 0 Å². The third kappa shape index (κ3) is 5.14. The molecule has 1 heterocycles. The van der Waals surface area contributed by atoms with Crippen LogP contribution in [0.15, 0.2) is 47.1 Å². The van der Waals surface area contributed by atoms with Crippen molar-refractivity contribution in [2.45, 2.75) is 19.9 Å². The quantitative estimate of drug-likeness (QED) is 0.839. The van der Waals surface area contributed by atoms with E-state index in [1.54, 1.807) is 24.3 Å². The van der Waals surface area contributed by atoms with Gasteiger partial charge in [-0.25, -0.2) is 8.42 Å². The average molecular weight is 336 g/mol. The van der Waals surface area contributed by atoms with Crippen LogP contribution < -0.4 is 9.62 Å². The summed E-state index contributed by atoms with van der Waals surface area (Å²) < 4.78 is 30.3. The van der Waals surface area contributed by atoms with Crippen LogP contribution in [0.25, 0.3) is 0 Å². The number of hydrogen-bond acceptors (Lipinski definition) is 4. The number of nitrogens with one attached hydrogen (secondary N) is 1. The van der Waals surface area contributed by atoms with Crippen LogP contribution in [-0.4, -0.2) is 27.1 Å². The first-order valence-corrected chi connectivity index (χ1v) is 9.04. The number of carbonyl (C=O) groups is 1. The summed E-state index contributed by atoms with van der Waals surface area (Å²) in [5.41, 5.74) is 1.59. The summed E-state index contributed by atoms with van der Waals surface area (Å²) in [7, 11) is -3.45. The van der Waals surface area contributed by atoms with Crippen molar-refractivity contribution < 1.29 is 17.6 Å². The lowest BCUT2D eigenvalue weighted by Crippen LogP contribution is -2.34. The number of amides is 1. The molecule has 2 rings (SSSR count). The molecule has 0 spiro atoms. The summed E-state index contributed by atoms with van der Waals surface area (Å²) in [4.78, 5) is 11.9. The molecule has 1 N–H and O–H groups in total. The lowest BCUT2D eigenvalue weighted by molar-refractivity contribution is -0.121. The van der Waals surface area contributed by atoms with Crippen LogP contribution in [0, 0.1) is 6.92 Å². The molecule has 0 aliphatic heterocycles. The normalized spacial score (nSPS) is 11.2. The molecular weight excluding hydrogens is 316 g/mol. The zero-order valence-electron chi connectivity index (χ0n) is 13.2. The second-order valence-electron chi connectivity index (χ2n) is 5.28. The molecule has 0 aliphatic carbocycles.